The van der Waals surface area contributed by atoms with Crippen LogP contribution in [0.5, 0.6) is 5.75 Å². The standard InChI is InChI=1S/C25H21F8N3O2/c1-34-23(37)22(15-4-7-17(26)8-5-15)36-19(10-2-14-3-11-21(35-13-14)24(28,29)30)16-6-9-18(27)20(12-16)38-25(31,32)33/h3-9,11-13,19,22,36H,2,10H2,1H3,(H,34,37)/t19-,22?/m0/s1. The van der Waals surface area contributed by atoms with Gasteiger partial charge in [0.1, 0.15) is 17.6 Å². The van der Waals surface area contributed by atoms with Crippen molar-refractivity contribution in [2.45, 2.75) is 37.5 Å². The first-order chi connectivity index (χ1) is 17.8. The molecule has 2 N–H and O–H groups in total. The van der Waals surface area contributed by atoms with E-state index in [0.717, 1.165) is 36.5 Å². The van der Waals surface area contributed by atoms with E-state index < -0.39 is 53.6 Å². The van der Waals surface area contributed by atoms with Gasteiger partial charge >= 0.3 is 12.5 Å². The summed E-state index contributed by atoms with van der Waals surface area (Å²) >= 11 is 0. The zero-order valence-electron chi connectivity index (χ0n) is 19.6. The molecule has 0 saturated heterocycles. The highest BCUT2D eigenvalue weighted by Gasteiger charge is 2.34. The molecule has 0 radical (unpaired) electrons. The van der Waals surface area contributed by atoms with Crippen LogP contribution in [0.3, 0.4) is 0 Å². The van der Waals surface area contributed by atoms with Crippen LogP contribution in [-0.2, 0) is 17.4 Å². The lowest BCUT2D eigenvalue weighted by molar-refractivity contribution is -0.275. The summed E-state index contributed by atoms with van der Waals surface area (Å²) in [5.41, 5.74) is -0.307. The molecule has 0 fully saturated rings. The van der Waals surface area contributed by atoms with Crippen LogP contribution in [-0.4, -0.2) is 24.3 Å². The third-order valence-corrected chi connectivity index (χ3v) is 5.50. The fourth-order valence-corrected chi connectivity index (χ4v) is 3.66. The highest BCUT2D eigenvalue weighted by Crippen LogP contribution is 2.32. The summed E-state index contributed by atoms with van der Waals surface area (Å²) in [6.45, 7) is 0. The molecule has 5 nitrogen and oxygen atoms in total. The van der Waals surface area contributed by atoms with E-state index in [1.165, 1.54) is 31.3 Å². The predicted octanol–water partition coefficient (Wildman–Crippen LogP) is 6.03. The van der Waals surface area contributed by atoms with Gasteiger partial charge in [-0.15, -0.1) is 13.2 Å². The molecule has 1 unspecified atom stereocenters. The second-order valence-corrected chi connectivity index (χ2v) is 8.14. The Balaban J connectivity index is 1.95. The molecule has 2 aromatic carbocycles. The van der Waals surface area contributed by atoms with Crippen LogP contribution in [0.1, 0.15) is 40.9 Å². The molecular formula is C25H21F8N3O2. The van der Waals surface area contributed by atoms with E-state index in [1.54, 1.807) is 0 Å². The normalized spacial score (nSPS) is 13.6. The van der Waals surface area contributed by atoms with Crippen molar-refractivity contribution in [1.82, 2.24) is 15.6 Å². The largest absolute Gasteiger partial charge is 0.573 e. The number of hydrogen-bond acceptors (Lipinski definition) is 4. The molecule has 0 aliphatic rings. The van der Waals surface area contributed by atoms with Gasteiger partial charge in [-0.05, 0) is 59.9 Å². The summed E-state index contributed by atoms with van der Waals surface area (Å²) in [7, 11) is 1.34. The average Bonchev–Trinajstić information content (AvgIpc) is 2.85. The first-order valence-electron chi connectivity index (χ1n) is 11.1. The number of alkyl halides is 6. The van der Waals surface area contributed by atoms with Gasteiger partial charge in [-0.2, -0.15) is 13.2 Å². The molecular weight excluding hydrogens is 526 g/mol. The molecule has 0 aliphatic carbocycles. The predicted molar refractivity (Wildman–Crippen MR) is 120 cm³/mol. The van der Waals surface area contributed by atoms with E-state index in [2.05, 4.69) is 20.4 Å². The number of ether oxygens (including phenoxy) is 1. The number of rotatable bonds is 9. The van der Waals surface area contributed by atoms with E-state index in [9.17, 15) is 39.9 Å². The number of likely N-dealkylation sites (N-methyl/N-ethyl adjacent to an activating group) is 1. The molecule has 204 valence electrons. The summed E-state index contributed by atoms with van der Waals surface area (Å²) in [6, 6.07) is 7.61. The number of carbonyl (C=O) groups is 1. The van der Waals surface area contributed by atoms with Gasteiger partial charge in [-0.3, -0.25) is 15.1 Å². The molecule has 0 aliphatic heterocycles. The Morgan fingerprint density at radius 1 is 0.947 bits per heavy atom. The van der Waals surface area contributed by atoms with E-state index in [0.29, 0.717) is 11.1 Å². The summed E-state index contributed by atoms with van der Waals surface area (Å²) in [4.78, 5) is 16.0. The fourth-order valence-electron chi connectivity index (χ4n) is 3.66. The number of carbonyl (C=O) groups excluding carboxylic acids is 1. The average molecular weight is 547 g/mol. The maximum atomic E-state index is 14.1. The number of hydrogen-bond donors (Lipinski definition) is 2. The monoisotopic (exact) mass is 547 g/mol. The Morgan fingerprint density at radius 2 is 1.61 bits per heavy atom. The summed E-state index contributed by atoms with van der Waals surface area (Å²) in [6.07, 6.45) is -8.67. The molecule has 1 amide bonds. The molecule has 3 rings (SSSR count). The number of aromatic nitrogens is 1. The Kier molecular flexibility index (Phi) is 8.92. The number of pyridine rings is 1. The lowest BCUT2D eigenvalue weighted by atomic mass is 9.96. The van der Waals surface area contributed by atoms with Crippen LogP contribution in [0.2, 0.25) is 0 Å². The van der Waals surface area contributed by atoms with Crippen molar-refractivity contribution in [1.29, 1.82) is 0 Å². The number of amides is 1. The number of halogens is 8. The minimum atomic E-state index is -5.17. The van der Waals surface area contributed by atoms with Crippen LogP contribution in [0, 0.1) is 11.6 Å². The van der Waals surface area contributed by atoms with E-state index in [-0.39, 0.29) is 18.4 Å². The zero-order chi connectivity index (χ0) is 28.1. The first-order valence-corrected chi connectivity index (χ1v) is 11.1. The van der Waals surface area contributed by atoms with Gasteiger partial charge in [0.05, 0.1) is 0 Å². The molecule has 13 heteroatoms. The molecule has 0 bridgehead atoms. The Labute approximate surface area is 211 Å². The minimum absolute atomic E-state index is 0.0405. The van der Waals surface area contributed by atoms with Crippen molar-refractivity contribution >= 4 is 5.91 Å². The molecule has 38 heavy (non-hydrogen) atoms. The van der Waals surface area contributed by atoms with Gasteiger partial charge in [0.25, 0.3) is 0 Å². The van der Waals surface area contributed by atoms with E-state index in [4.69, 9.17) is 0 Å². The van der Waals surface area contributed by atoms with Crippen molar-refractivity contribution in [2.75, 3.05) is 7.05 Å². The summed E-state index contributed by atoms with van der Waals surface area (Å²) in [5, 5.41) is 5.41. The van der Waals surface area contributed by atoms with E-state index >= 15 is 0 Å². The smallest absolute Gasteiger partial charge is 0.403 e. The highest BCUT2D eigenvalue weighted by molar-refractivity contribution is 5.83. The molecule has 2 atom stereocenters. The van der Waals surface area contributed by atoms with Crippen molar-refractivity contribution in [3.05, 3.63) is 94.8 Å². The molecule has 1 heterocycles. The van der Waals surface area contributed by atoms with Crippen LogP contribution < -0.4 is 15.4 Å². The lowest BCUT2D eigenvalue weighted by Crippen LogP contribution is -2.38. The van der Waals surface area contributed by atoms with Gasteiger partial charge in [0.15, 0.2) is 11.6 Å². The molecule has 0 saturated carbocycles. The van der Waals surface area contributed by atoms with Gasteiger partial charge in [0.2, 0.25) is 5.91 Å². The summed E-state index contributed by atoms with van der Waals surface area (Å²) in [5.74, 6) is -3.51. The van der Waals surface area contributed by atoms with E-state index in [1.807, 2.05) is 0 Å². The van der Waals surface area contributed by atoms with Crippen LogP contribution in [0.15, 0.2) is 60.8 Å². The SMILES string of the molecule is CNC(=O)C(N[C@@H](CCc1ccc(C(F)(F)F)nc1)c1ccc(F)c(OC(F)(F)F)c1)c1ccc(F)cc1. The maximum absolute atomic E-state index is 14.1. The van der Waals surface area contributed by atoms with Gasteiger partial charge < -0.3 is 10.1 Å². The van der Waals surface area contributed by atoms with Crippen LogP contribution in [0.25, 0.3) is 0 Å². The maximum Gasteiger partial charge on any atom is 0.573 e. The molecule has 1 aromatic heterocycles. The summed E-state index contributed by atoms with van der Waals surface area (Å²) < 4.78 is 108. The topological polar surface area (TPSA) is 63.2 Å². The first kappa shape index (κ1) is 28.8. The van der Waals surface area contributed by atoms with Crippen molar-refractivity contribution in [2.24, 2.45) is 0 Å². The minimum Gasteiger partial charge on any atom is -0.403 e. The highest BCUT2D eigenvalue weighted by atomic mass is 19.4. The lowest BCUT2D eigenvalue weighted by Gasteiger charge is -2.26. The third kappa shape index (κ3) is 7.88. The third-order valence-electron chi connectivity index (χ3n) is 5.50. The van der Waals surface area contributed by atoms with Crippen molar-refractivity contribution < 1.29 is 44.7 Å². The van der Waals surface area contributed by atoms with Crippen LogP contribution in [0.4, 0.5) is 35.1 Å². The molecule has 0 spiro atoms. The molecule has 3 aromatic rings. The number of nitrogens with zero attached hydrogens (tertiary/aromatic N) is 1. The second-order valence-electron chi connectivity index (χ2n) is 8.14. The second kappa shape index (κ2) is 11.8. The number of nitrogens with one attached hydrogen (secondary N) is 2. The van der Waals surface area contributed by atoms with Gasteiger partial charge in [0, 0.05) is 19.3 Å². The Bertz CT molecular complexity index is 1230. The van der Waals surface area contributed by atoms with Crippen LogP contribution >= 0.6 is 0 Å². The van der Waals surface area contributed by atoms with Gasteiger partial charge in [-0.1, -0.05) is 24.3 Å². The van der Waals surface area contributed by atoms with Crippen molar-refractivity contribution in [3.63, 3.8) is 0 Å². The Morgan fingerprint density at radius 3 is 2.16 bits per heavy atom. The van der Waals surface area contributed by atoms with Gasteiger partial charge in [-0.25, -0.2) is 8.78 Å². The fraction of sp³-hybridized carbons (Fsp3) is 0.280. The van der Waals surface area contributed by atoms with Crippen molar-refractivity contribution in [3.8, 4) is 5.75 Å². The number of aryl methyl sites for hydroxylation is 1. The number of benzene rings is 2. The zero-order valence-corrected chi connectivity index (χ0v) is 19.6. The quantitative estimate of drug-likeness (QED) is 0.322. The Hall–Kier alpha value is -3.74.